The number of hydrogen-bond donors (Lipinski definition) is 3. The number of nitrogens with one attached hydrogen (secondary N) is 2. The Morgan fingerprint density at radius 3 is 1.70 bits per heavy atom. The first-order valence-electron chi connectivity index (χ1n) is 25.1. The van der Waals surface area contributed by atoms with E-state index in [1.165, 1.54) is 0 Å². The Labute approximate surface area is 451 Å². The summed E-state index contributed by atoms with van der Waals surface area (Å²) in [5.74, 6) is 2.97. The molecule has 378 valence electrons. The number of aliphatic imine (C=N–C) groups is 1. The predicted molar refractivity (Wildman–Crippen MR) is 313 cm³/mol. The zero-order valence-corrected chi connectivity index (χ0v) is 43.6. The van der Waals surface area contributed by atoms with Gasteiger partial charge < -0.3 is 35.0 Å². The van der Waals surface area contributed by atoms with Crippen molar-refractivity contribution in [3.63, 3.8) is 0 Å². The molecule has 0 amide bonds. The van der Waals surface area contributed by atoms with Crippen LogP contribution in [0, 0.1) is 22.7 Å². The van der Waals surface area contributed by atoms with E-state index in [-0.39, 0.29) is 6.17 Å². The van der Waals surface area contributed by atoms with Gasteiger partial charge in [-0.05, 0) is 103 Å². The number of para-hydroxylation sites is 2. The number of aryl methyl sites for hydroxylation is 2. The highest BCUT2D eigenvalue weighted by atomic mass is 35.5. The van der Waals surface area contributed by atoms with Crippen molar-refractivity contribution in [3.8, 4) is 57.5 Å². The van der Waals surface area contributed by atoms with Crippen molar-refractivity contribution in [2.45, 2.75) is 33.1 Å². The molecule has 0 fully saturated rings. The monoisotopic (exact) mass is 1030 g/mol. The van der Waals surface area contributed by atoms with E-state index in [4.69, 9.17) is 36.8 Å². The SMILES string of the molecule is CCn1c(-c2ccc(N)cc2)c(C#N)c2ccc(OC)cc21.CCn1c(-c2ccc(Nc3nc(-c4ccccc4)nc4ccccc34)cc2)c(C#N)c2ccc(OC)cc21.ClC1=NC(c2ccccc2)Nc2ccccc21. The minimum atomic E-state index is -0.0985. The lowest BCUT2D eigenvalue weighted by Gasteiger charge is -2.23. The molecule has 0 bridgehead atoms. The first kappa shape index (κ1) is 50.6. The largest absolute Gasteiger partial charge is 0.497 e. The molecule has 0 saturated carbocycles. The average molecular weight is 1030 g/mol. The fourth-order valence-electron chi connectivity index (χ4n) is 9.72. The van der Waals surface area contributed by atoms with Crippen LogP contribution in [-0.2, 0) is 13.1 Å². The molecule has 77 heavy (non-hydrogen) atoms. The van der Waals surface area contributed by atoms with Crippen molar-refractivity contribution in [1.82, 2.24) is 19.1 Å². The van der Waals surface area contributed by atoms with Gasteiger partial charge in [-0.2, -0.15) is 10.5 Å². The first-order chi connectivity index (χ1) is 37.7. The van der Waals surface area contributed by atoms with Gasteiger partial charge in [0.15, 0.2) is 5.82 Å². The van der Waals surface area contributed by atoms with Crippen LogP contribution in [0.4, 0.5) is 22.9 Å². The third kappa shape index (κ3) is 10.3. The number of hydrogen-bond acceptors (Lipinski definition) is 10. The van der Waals surface area contributed by atoms with Gasteiger partial charge in [-0.15, -0.1) is 0 Å². The first-order valence-corrected chi connectivity index (χ1v) is 25.5. The highest BCUT2D eigenvalue weighted by Crippen LogP contribution is 2.38. The summed E-state index contributed by atoms with van der Waals surface area (Å²) in [7, 11) is 3.30. The highest BCUT2D eigenvalue weighted by molar-refractivity contribution is 6.70. The zero-order valence-electron chi connectivity index (χ0n) is 42.9. The Morgan fingerprint density at radius 1 is 0.597 bits per heavy atom. The second kappa shape index (κ2) is 22.7. The zero-order chi connectivity index (χ0) is 53.4. The molecular formula is C64H53ClN10O2. The summed E-state index contributed by atoms with van der Waals surface area (Å²) < 4.78 is 15.1. The fourth-order valence-corrected chi connectivity index (χ4v) is 9.98. The topological polar surface area (TPSA) is 164 Å². The maximum absolute atomic E-state index is 10.1. The van der Waals surface area contributed by atoms with Gasteiger partial charge in [0.05, 0.1) is 53.3 Å². The third-order valence-corrected chi connectivity index (χ3v) is 13.7. The van der Waals surface area contributed by atoms with Crippen LogP contribution in [0.25, 0.3) is 66.6 Å². The average Bonchev–Trinajstić information content (AvgIpc) is 4.10. The maximum Gasteiger partial charge on any atom is 0.162 e. The van der Waals surface area contributed by atoms with Crippen molar-refractivity contribution >= 4 is 72.4 Å². The number of nitriles is 2. The number of ether oxygens (including phenoxy) is 2. The summed E-state index contributed by atoms with van der Waals surface area (Å²) in [6.07, 6.45) is -0.0985. The van der Waals surface area contributed by atoms with Crippen LogP contribution in [0.5, 0.6) is 11.5 Å². The van der Waals surface area contributed by atoms with E-state index >= 15 is 0 Å². The standard InChI is InChI=1S/C32H25N5O.C18H17N3O.C14H11ClN2/c1-3-37-29-19-24(38-2)17-18-25(29)27(20-33)30(37)21-13-15-23(16-14-21)34-32-26-11-7-8-12-28(26)35-31(36-32)22-9-5-4-6-10-22;1-3-21-17-10-14(22-2)8-9-15(17)16(11-19)18(21)12-4-6-13(20)7-5-12;15-13-11-8-4-5-9-12(11)16-14(17-13)10-6-2-1-3-7-10/h4-19H,3H2,1-2H3,(H,34,35,36);4-10H,3,20H2,1-2H3;1-9,14,16H. The summed E-state index contributed by atoms with van der Waals surface area (Å²) in [5, 5.41) is 30.0. The normalized spacial score (nSPS) is 12.4. The van der Waals surface area contributed by atoms with Crippen molar-refractivity contribution in [2.24, 2.45) is 4.99 Å². The molecule has 0 aliphatic carbocycles. The van der Waals surface area contributed by atoms with Crippen molar-refractivity contribution in [2.75, 3.05) is 30.6 Å². The molecule has 1 aliphatic rings. The van der Waals surface area contributed by atoms with Crippen molar-refractivity contribution in [3.05, 3.63) is 216 Å². The number of aromatic nitrogens is 4. The molecular weight excluding hydrogens is 976 g/mol. The van der Waals surface area contributed by atoms with Crippen LogP contribution in [-0.4, -0.2) is 38.5 Å². The van der Waals surface area contributed by atoms with Crippen LogP contribution in [0.2, 0.25) is 0 Å². The Balaban J connectivity index is 0.000000145. The minimum Gasteiger partial charge on any atom is -0.497 e. The summed E-state index contributed by atoms with van der Waals surface area (Å²) in [5.41, 5.74) is 19.5. The van der Waals surface area contributed by atoms with Crippen LogP contribution < -0.4 is 25.8 Å². The predicted octanol–water partition coefficient (Wildman–Crippen LogP) is 15.1. The van der Waals surface area contributed by atoms with Crippen LogP contribution in [0.15, 0.2) is 199 Å². The third-order valence-electron chi connectivity index (χ3n) is 13.4. The smallest absolute Gasteiger partial charge is 0.162 e. The molecule has 1 aliphatic heterocycles. The molecule has 12 nitrogen and oxygen atoms in total. The van der Waals surface area contributed by atoms with Gasteiger partial charge in [-0.1, -0.05) is 121 Å². The molecule has 12 rings (SSSR count). The summed E-state index contributed by atoms with van der Waals surface area (Å²) in [6, 6.07) is 68.2. The lowest BCUT2D eigenvalue weighted by atomic mass is 10.1. The number of benzene rings is 8. The number of anilines is 4. The van der Waals surface area contributed by atoms with Gasteiger partial charge in [0.25, 0.3) is 0 Å². The number of nitrogens with zero attached hydrogens (tertiary/aromatic N) is 7. The molecule has 1 atom stereocenters. The Morgan fingerprint density at radius 2 is 1.13 bits per heavy atom. The Kier molecular flexibility index (Phi) is 14.9. The van der Waals surface area contributed by atoms with E-state index in [1.54, 1.807) is 14.2 Å². The molecule has 1 unspecified atom stereocenters. The molecule has 13 heteroatoms. The van der Waals surface area contributed by atoms with E-state index < -0.39 is 0 Å². The quantitative estimate of drug-likeness (QED) is 0.113. The maximum atomic E-state index is 10.1. The Bertz CT molecular complexity index is 4030. The molecule has 11 aromatic rings. The number of nitrogens with two attached hydrogens (primary N) is 1. The molecule has 0 spiro atoms. The van der Waals surface area contributed by atoms with Crippen LogP contribution in [0.1, 0.15) is 42.3 Å². The van der Waals surface area contributed by atoms with E-state index in [2.05, 4.69) is 50.7 Å². The van der Waals surface area contributed by atoms with E-state index in [0.717, 1.165) is 114 Å². The van der Waals surface area contributed by atoms with Crippen molar-refractivity contribution in [1.29, 1.82) is 10.5 Å². The second-order valence-corrected chi connectivity index (χ2v) is 18.3. The molecule has 3 aromatic heterocycles. The Hall–Kier alpha value is -9.88. The number of methoxy groups -OCH3 is 2. The van der Waals surface area contributed by atoms with Gasteiger partial charge in [-0.3, -0.25) is 0 Å². The van der Waals surface area contributed by atoms with Gasteiger partial charge in [-0.25, -0.2) is 15.0 Å². The number of fused-ring (bicyclic) bond motifs is 4. The van der Waals surface area contributed by atoms with Gasteiger partial charge in [0.2, 0.25) is 0 Å². The van der Waals surface area contributed by atoms with E-state index in [0.29, 0.717) is 27.8 Å². The van der Waals surface area contributed by atoms with Gasteiger partial charge in [0, 0.05) is 69.6 Å². The molecule has 0 saturated heterocycles. The molecule has 4 heterocycles. The van der Waals surface area contributed by atoms with E-state index in [1.807, 2.05) is 194 Å². The summed E-state index contributed by atoms with van der Waals surface area (Å²) in [4.78, 5) is 14.1. The van der Waals surface area contributed by atoms with Crippen LogP contribution >= 0.6 is 11.6 Å². The molecule has 4 N–H and O–H groups in total. The highest BCUT2D eigenvalue weighted by Gasteiger charge is 2.22. The van der Waals surface area contributed by atoms with E-state index in [9.17, 15) is 10.5 Å². The lowest BCUT2D eigenvalue weighted by molar-refractivity contribution is 0.415. The summed E-state index contributed by atoms with van der Waals surface area (Å²) >= 11 is 6.20. The van der Waals surface area contributed by atoms with Crippen LogP contribution in [0.3, 0.4) is 0 Å². The molecule has 0 radical (unpaired) electrons. The van der Waals surface area contributed by atoms with Gasteiger partial charge in [0.1, 0.15) is 40.8 Å². The fraction of sp³-hybridized carbons (Fsp3) is 0.109. The number of nitrogen functional groups attached to an aromatic ring is 1. The second-order valence-electron chi connectivity index (χ2n) is 18.0. The van der Waals surface area contributed by atoms with Gasteiger partial charge >= 0.3 is 0 Å². The number of halogens is 1. The minimum absolute atomic E-state index is 0.0985. The van der Waals surface area contributed by atoms with Crippen molar-refractivity contribution < 1.29 is 9.47 Å². The number of rotatable bonds is 10. The lowest BCUT2D eigenvalue weighted by Crippen LogP contribution is -2.17. The summed E-state index contributed by atoms with van der Waals surface area (Å²) in [6.45, 7) is 5.66. The molecule has 8 aromatic carbocycles.